The Kier molecular flexibility index (Phi) is 3.20. The molecule has 0 aliphatic rings. The van der Waals surface area contributed by atoms with Crippen LogP contribution in [-0.2, 0) is 0 Å². The van der Waals surface area contributed by atoms with Crippen LogP contribution >= 0.6 is 0 Å². The van der Waals surface area contributed by atoms with Crippen LogP contribution in [0.1, 0.15) is 0 Å². The van der Waals surface area contributed by atoms with Gasteiger partial charge >= 0.3 is 0 Å². The van der Waals surface area contributed by atoms with Crippen LogP contribution in [0.15, 0.2) is 71.0 Å². The van der Waals surface area contributed by atoms with Crippen molar-refractivity contribution in [2.75, 3.05) is 0 Å². The van der Waals surface area contributed by atoms with Gasteiger partial charge in [0, 0.05) is 30.2 Å². The lowest BCUT2D eigenvalue weighted by molar-refractivity contribution is 0.902. The number of H-pyrrole nitrogens is 1. The normalized spacial score (nSPS) is 11.3. The van der Waals surface area contributed by atoms with Gasteiger partial charge in [0.2, 0.25) is 5.95 Å². The smallest absolute Gasteiger partial charge is 0.266 e. The summed E-state index contributed by atoms with van der Waals surface area (Å²) >= 11 is 0. The van der Waals surface area contributed by atoms with Crippen LogP contribution in [-0.4, -0.2) is 34.3 Å². The molecule has 0 unspecified atom stereocenters. The molecule has 0 fully saturated rings. The van der Waals surface area contributed by atoms with Gasteiger partial charge in [0.05, 0.1) is 16.3 Å². The highest BCUT2D eigenvalue weighted by Crippen LogP contribution is 2.19. The number of aromatic nitrogens is 7. The minimum absolute atomic E-state index is 0.291. The van der Waals surface area contributed by atoms with E-state index in [9.17, 15) is 9.59 Å². The Morgan fingerprint density at radius 1 is 0.852 bits per heavy atom. The Morgan fingerprint density at radius 2 is 1.74 bits per heavy atom. The molecule has 1 N–H and O–H groups in total. The molecule has 5 aromatic rings. The summed E-state index contributed by atoms with van der Waals surface area (Å²) in [5.41, 5.74) is -0.121. The molecule has 0 saturated heterocycles. The predicted molar refractivity (Wildman–Crippen MR) is 98.2 cm³/mol. The van der Waals surface area contributed by atoms with Crippen LogP contribution in [0.4, 0.5) is 0 Å². The van der Waals surface area contributed by atoms with Crippen molar-refractivity contribution in [3.05, 3.63) is 82.2 Å². The maximum Gasteiger partial charge on any atom is 0.266 e. The van der Waals surface area contributed by atoms with Crippen molar-refractivity contribution >= 4 is 21.7 Å². The number of nitrogens with one attached hydrogen (secondary N) is 1. The van der Waals surface area contributed by atoms with E-state index in [2.05, 4.69) is 25.1 Å². The van der Waals surface area contributed by atoms with E-state index in [1.807, 2.05) is 0 Å². The molecule has 0 amide bonds. The summed E-state index contributed by atoms with van der Waals surface area (Å²) < 4.78 is 2.76. The lowest BCUT2D eigenvalue weighted by Crippen LogP contribution is -2.22. The molecule has 9 nitrogen and oxygen atoms in total. The zero-order valence-corrected chi connectivity index (χ0v) is 13.8. The molecule has 5 rings (SSSR count). The second-order valence-electron chi connectivity index (χ2n) is 5.82. The van der Waals surface area contributed by atoms with Crippen LogP contribution in [0.3, 0.4) is 0 Å². The lowest BCUT2D eigenvalue weighted by Gasteiger charge is -2.09. The number of hydrogen-bond donors (Lipinski definition) is 1. The molecule has 9 heteroatoms. The van der Waals surface area contributed by atoms with E-state index in [1.54, 1.807) is 48.9 Å². The summed E-state index contributed by atoms with van der Waals surface area (Å²) in [5.74, 6) is 0.789. The molecule has 0 bridgehead atoms. The highest BCUT2D eigenvalue weighted by Gasteiger charge is 2.14. The first-order valence-electron chi connectivity index (χ1n) is 8.07. The van der Waals surface area contributed by atoms with E-state index in [1.165, 1.54) is 21.7 Å². The number of rotatable bonds is 2. The van der Waals surface area contributed by atoms with E-state index < -0.39 is 0 Å². The molecule has 0 radical (unpaired) electrons. The Morgan fingerprint density at radius 3 is 2.52 bits per heavy atom. The number of fused-ring (bicyclic) bond motifs is 3. The Bertz CT molecular complexity index is 1400. The molecule has 0 aromatic carbocycles. The van der Waals surface area contributed by atoms with Gasteiger partial charge < -0.3 is 0 Å². The van der Waals surface area contributed by atoms with E-state index in [-0.39, 0.29) is 11.1 Å². The molecule has 0 aliphatic carbocycles. The number of hydrogen-bond acceptors (Lipinski definition) is 6. The standard InChI is InChI=1S/C18H11N7O2/c26-16-12-9-20-13-5-8-24(14-3-1-2-6-19-14)17(27)15(13)11(12)4-7-25(16)18-21-10-22-23-18/h1-10H,(H,21,22,23). The van der Waals surface area contributed by atoms with Crippen molar-refractivity contribution in [2.45, 2.75) is 0 Å². The van der Waals surface area contributed by atoms with Crippen molar-refractivity contribution in [3.63, 3.8) is 0 Å². The third-order valence-corrected chi connectivity index (χ3v) is 4.33. The van der Waals surface area contributed by atoms with Crippen LogP contribution < -0.4 is 11.1 Å². The zero-order valence-electron chi connectivity index (χ0n) is 13.8. The fourth-order valence-corrected chi connectivity index (χ4v) is 3.07. The van der Waals surface area contributed by atoms with Gasteiger partial charge in [-0.25, -0.2) is 10.1 Å². The molecular weight excluding hydrogens is 346 g/mol. The molecule has 0 aliphatic heterocycles. The SMILES string of the molecule is O=c1c2cnc3ccn(-c4ccccn4)c(=O)c3c2ccn1-c1ncn[nH]1. The number of nitrogens with zero attached hydrogens (tertiary/aromatic N) is 6. The Balaban J connectivity index is 1.86. The molecule has 5 heterocycles. The minimum Gasteiger partial charge on any atom is -0.268 e. The molecular formula is C18H11N7O2. The highest BCUT2D eigenvalue weighted by atomic mass is 16.1. The quantitative estimate of drug-likeness (QED) is 0.475. The summed E-state index contributed by atoms with van der Waals surface area (Å²) in [6.07, 6.45) is 7.58. The fourth-order valence-electron chi connectivity index (χ4n) is 3.07. The van der Waals surface area contributed by atoms with Crippen molar-refractivity contribution in [1.29, 1.82) is 0 Å². The van der Waals surface area contributed by atoms with Gasteiger partial charge in [-0.2, -0.15) is 10.1 Å². The molecule has 5 aromatic heterocycles. The maximum atomic E-state index is 13.1. The van der Waals surface area contributed by atoms with Gasteiger partial charge in [-0.3, -0.25) is 23.7 Å². The number of pyridine rings is 4. The maximum absolute atomic E-state index is 13.1. The van der Waals surface area contributed by atoms with Crippen molar-refractivity contribution in [1.82, 2.24) is 34.3 Å². The average Bonchev–Trinajstić information content (AvgIpc) is 3.23. The predicted octanol–water partition coefficient (Wildman–Crippen LogP) is 1.20. The topological polar surface area (TPSA) is 111 Å². The first-order valence-corrected chi connectivity index (χ1v) is 8.07. The first-order chi connectivity index (χ1) is 13.2. The lowest BCUT2D eigenvalue weighted by atomic mass is 10.1. The van der Waals surface area contributed by atoms with Gasteiger partial charge in [-0.05, 0) is 24.3 Å². The summed E-state index contributed by atoms with van der Waals surface area (Å²) in [5, 5.41) is 7.61. The second kappa shape index (κ2) is 5.70. The largest absolute Gasteiger partial charge is 0.268 e. The fraction of sp³-hybridized carbons (Fsp3) is 0. The van der Waals surface area contributed by atoms with Crippen LogP contribution in [0, 0.1) is 0 Å². The molecule has 27 heavy (non-hydrogen) atoms. The number of aromatic amines is 1. The van der Waals surface area contributed by atoms with Crippen LogP contribution in [0.2, 0.25) is 0 Å². The highest BCUT2D eigenvalue weighted by molar-refractivity contribution is 6.04. The minimum atomic E-state index is -0.341. The van der Waals surface area contributed by atoms with Gasteiger partial charge in [-0.15, -0.1) is 0 Å². The van der Waals surface area contributed by atoms with Crippen molar-refractivity contribution in [2.24, 2.45) is 0 Å². The molecule has 130 valence electrons. The summed E-state index contributed by atoms with van der Waals surface area (Å²) in [7, 11) is 0. The van der Waals surface area contributed by atoms with Crippen LogP contribution in [0.25, 0.3) is 33.4 Å². The van der Waals surface area contributed by atoms with E-state index >= 15 is 0 Å². The zero-order chi connectivity index (χ0) is 18.4. The van der Waals surface area contributed by atoms with Crippen LogP contribution in [0.5, 0.6) is 0 Å². The molecule has 0 saturated carbocycles. The van der Waals surface area contributed by atoms with E-state index in [0.29, 0.717) is 33.4 Å². The third kappa shape index (κ3) is 2.25. The third-order valence-electron chi connectivity index (χ3n) is 4.33. The molecule has 0 atom stereocenters. The van der Waals surface area contributed by atoms with Gasteiger partial charge in [0.25, 0.3) is 11.1 Å². The monoisotopic (exact) mass is 357 g/mol. The van der Waals surface area contributed by atoms with Crippen molar-refractivity contribution in [3.8, 4) is 11.8 Å². The molecule has 0 spiro atoms. The van der Waals surface area contributed by atoms with Crippen molar-refractivity contribution < 1.29 is 0 Å². The first kappa shape index (κ1) is 15.1. The summed E-state index contributed by atoms with van der Waals surface area (Å²) in [6, 6.07) is 8.75. The second-order valence-corrected chi connectivity index (χ2v) is 5.82. The van der Waals surface area contributed by atoms with E-state index in [4.69, 9.17) is 0 Å². The van der Waals surface area contributed by atoms with E-state index in [0.717, 1.165) is 0 Å². The Hall–Kier alpha value is -4.14. The average molecular weight is 357 g/mol. The van der Waals surface area contributed by atoms with Gasteiger partial charge in [0.1, 0.15) is 12.1 Å². The Labute approximate surface area is 150 Å². The van der Waals surface area contributed by atoms with Gasteiger partial charge in [0.15, 0.2) is 0 Å². The summed E-state index contributed by atoms with van der Waals surface area (Å²) in [6.45, 7) is 0. The summed E-state index contributed by atoms with van der Waals surface area (Å²) in [4.78, 5) is 38.5. The van der Waals surface area contributed by atoms with Gasteiger partial charge in [-0.1, -0.05) is 6.07 Å².